The van der Waals surface area contributed by atoms with E-state index in [1.54, 1.807) is 13.1 Å². The second-order valence-corrected chi connectivity index (χ2v) is 7.93. The maximum absolute atomic E-state index is 12.6. The summed E-state index contributed by atoms with van der Waals surface area (Å²) >= 11 is 0. The van der Waals surface area contributed by atoms with Gasteiger partial charge in [0.2, 0.25) is 5.91 Å². The summed E-state index contributed by atoms with van der Waals surface area (Å²) in [6, 6.07) is 16.9. The minimum absolute atomic E-state index is 0.247. The average molecular weight is 447 g/mol. The molecule has 0 aliphatic carbocycles. The van der Waals surface area contributed by atoms with Crippen LogP contribution in [0.15, 0.2) is 67.1 Å². The number of aromatic nitrogens is 3. The number of nitrogens with zero attached hydrogens (tertiary/aromatic N) is 4. The van der Waals surface area contributed by atoms with Gasteiger partial charge in [-0.3, -0.25) is 4.79 Å². The Hall–Kier alpha value is -3.95. The summed E-state index contributed by atoms with van der Waals surface area (Å²) in [6.07, 6.45) is 3.01. The first kappa shape index (κ1) is 22.3. The summed E-state index contributed by atoms with van der Waals surface area (Å²) in [7, 11) is 0. The Bertz CT molecular complexity index is 1270. The topological polar surface area (TPSA) is 127 Å². The van der Waals surface area contributed by atoms with Gasteiger partial charge in [-0.05, 0) is 36.8 Å². The maximum Gasteiger partial charge on any atom is 0.238 e. The van der Waals surface area contributed by atoms with Crippen LogP contribution in [0.1, 0.15) is 13.8 Å². The number of amides is 1. The third-order valence-corrected chi connectivity index (χ3v) is 5.44. The largest absolute Gasteiger partial charge is 0.457 e. The number of carbonyl (C=O) groups is 1. The van der Waals surface area contributed by atoms with E-state index in [9.17, 15) is 15.0 Å². The highest BCUT2D eigenvalue weighted by Gasteiger charge is 2.36. The van der Waals surface area contributed by atoms with E-state index in [4.69, 9.17) is 10.5 Å². The summed E-state index contributed by atoms with van der Waals surface area (Å²) < 4.78 is 7.37. The van der Waals surface area contributed by atoms with Crippen LogP contribution < -0.4 is 15.5 Å². The lowest BCUT2D eigenvalue weighted by Gasteiger charge is -2.38. The van der Waals surface area contributed by atoms with Crippen molar-refractivity contribution in [3.8, 4) is 22.6 Å². The number of carbonyl (C=O) groups excluding carboxylic acids is 1. The van der Waals surface area contributed by atoms with Crippen molar-refractivity contribution in [2.24, 2.45) is 0 Å². The zero-order valence-electron chi connectivity index (χ0n) is 18.3. The van der Waals surface area contributed by atoms with E-state index in [2.05, 4.69) is 9.97 Å². The molecule has 0 saturated heterocycles. The van der Waals surface area contributed by atoms with Crippen LogP contribution in [0.2, 0.25) is 0 Å². The van der Waals surface area contributed by atoms with Crippen LogP contribution in [-0.2, 0) is 4.79 Å². The molecule has 0 saturated carbocycles. The van der Waals surface area contributed by atoms with Gasteiger partial charge in [0.25, 0.3) is 0 Å². The lowest BCUT2D eigenvalue weighted by molar-refractivity contribution is -0.120. The van der Waals surface area contributed by atoms with Gasteiger partial charge in [0.05, 0.1) is 18.6 Å². The number of aliphatic hydroxyl groups excluding tert-OH is 2. The van der Waals surface area contributed by atoms with Gasteiger partial charge >= 0.3 is 0 Å². The van der Waals surface area contributed by atoms with Crippen molar-refractivity contribution < 1.29 is 19.7 Å². The normalized spacial score (nSPS) is 11.5. The number of hydrogen-bond donors (Lipinski definition) is 3. The van der Waals surface area contributed by atoms with Crippen molar-refractivity contribution in [2.75, 3.05) is 24.0 Å². The number of aliphatic hydroxyl groups is 2. The van der Waals surface area contributed by atoms with Crippen LogP contribution in [-0.4, -0.2) is 49.5 Å². The number of para-hydroxylation sites is 1. The molecule has 0 aliphatic rings. The van der Waals surface area contributed by atoms with E-state index in [1.165, 1.54) is 22.9 Å². The van der Waals surface area contributed by atoms with Crippen molar-refractivity contribution in [2.45, 2.75) is 19.4 Å². The van der Waals surface area contributed by atoms with E-state index in [-0.39, 0.29) is 11.7 Å². The van der Waals surface area contributed by atoms with E-state index in [0.717, 1.165) is 11.3 Å². The van der Waals surface area contributed by atoms with E-state index in [0.29, 0.717) is 22.3 Å². The molecular formula is C24H25N5O4. The van der Waals surface area contributed by atoms with Gasteiger partial charge in [-0.2, -0.15) is 0 Å². The monoisotopic (exact) mass is 447 g/mol. The molecule has 33 heavy (non-hydrogen) atoms. The molecule has 2 heterocycles. The van der Waals surface area contributed by atoms with Crippen LogP contribution in [0.4, 0.5) is 5.82 Å². The molecule has 0 unspecified atom stereocenters. The minimum Gasteiger partial charge on any atom is -0.457 e. The Kier molecular flexibility index (Phi) is 5.99. The molecule has 0 atom stereocenters. The Labute approximate surface area is 190 Å². The molecule has 9 nitrogen and oxygen atoms in total. The zero-order chi connectivity index (χ0) is 23.6. The molecular weight excluding hydrogens is 422 g/mol. The Morgan fingerprint density at radius 2 is 1.70 bits per heavy atom. The maximum atomic E-state index is 12.6. The third kappa shape index (κ3) is 4.11. The van der Waals surface area contributed by atoms with Crippen molar-refractivity contribution in [1.29, 1.82) is 0 Å². The SMILES string of the molecule is CC(=O)N(n1cc(-c2ccc(Oc3ccccc3)cc2)c2c(N)ncnc21)C(C)(CO)CO. The number of nitrogens with two attached hydrogens (primary N) is 1. The molecule has 4 rings (SSSR count). The van der Waals surface area contributed by atoms with Crippen molar-refractivity contribution in [3.05, 3.63) is 67.1 Å². The second-order valence-electron chi connectivity index (χ2n) is 7.93. The van der Waals surface area contributed by atoms with Crippen LogP contribution in [0.25, 0.3) is 22.2 Å². The van der Waals surface area contributed by atoms with E-state index in [1.807, 2.05) is 54.6 Å². The van der Waals surface area contributed by atoms with Gasteiger partial charge in [-0.25, -0.2) is 19.7 Å². The predicted octanol–water partition coefficient (Wildman–Crippen LogP) is 2.70. The number of benzene rings is 2. The van der Waals surface area contributed by atoms with E-state index < -0.39 is 18.8 Å². The van der Waals surface area contributed by atoms with Crippen LogP contribution in [0, 0.1) is 0 Å². The van der Waals surface area contributed by atoms with Gasteiger partial charge in [-0.15, -0.1) is 0 Å². The summed E-state index contributed by atoms with van der Waals surface area (Å²) in [5.41, 5.74) is 6.81. The number of rotatable bonds is 7. The Morgan fingerprint density at radius 1 is 1.06 bits per heavy atom. The smallest absolute Gasteiger partial charge is 0.238 e. The van der Waals surface area contributed by atoms with Gasteiger partial charge < -0.3 is 20.7 Å². The molecule has 9 heteroatoms. The summed E-state index contributed by atoms with van der Waals surface area (Å²) in [5, 5.41) is 21.7. The number of ether oxygens (including phenoxy) is 1. The predicted molar refractivity (Wildman–Crippen MR) is 125 cm³/mol. The molecule has 4 aromatic rings. The first-order valence-corrected chi connectivity index (χ1v) is 10.4. The fraction of sp³-hybridized carbons (Fsp3) is 0.208. The molecule has 0 aliphatic heterocycles. The number of nitrogen functional groups attached to an aromatic ring is 1. The third-order valence-electron chi connectivity index (χ3n) is 5.44. The summed E-state index contributed by atoms with van der Waals surface area (Å²) in [5.74, 6) is 1.25. The fourth-order valence-corrected chi connectivity index (χ4v) is 3.74. The quantitative estimate of drug-likeness (QED) is 0.397. The van der Waals surface area contributed by atoms with Gasteiger partial charge in [-0.1, -0.05) is 30.3 Å². The highest BCUT2D eigenvalue weighted by molar-refractivity contribution is 6.02. The summed E-state index contributed by atoms with van der Waals surface area (Å²) in [6.45, 7) is 2.03. The Morgan fingerprint density at radius 3 is 2.30 bits per heavy atom. The standard InChI is InChI=1S/C24H25N5O4/c1-16(32)29(24(2,13-30)14-31)28-12-20(21-22(25)26-15-27-23(21)28)17-8-10-19(11-9-17)33-18-6-4-3-5-7-18/h3-12,15,30-31H,13-14H2,1-2H3,(H2,25,26,27). The number of fused-ring (bicyclic) bond motifs is 1. The van der Waals surface area contributed by atoms with Crippen LogP contribution in [0.5, 0.6) is 11.5 Å². The minimum atomic E-state index is -1.26. The average Bonchev–Trinajstić information content (AvgIpc) is 3.20. The first-order valence-electron chi connectivity index (χ1n) is 10.4. The number of hydrogen-bond acceptors (Lipinski definition) is 7. The van der Waals surface area contributed by atoms with Crippen molar-refractivity contribution in [1.82, 2.24) is 14.6 Å². The second kappa shape index (κ2) is 8.89. The molecule has 0 radical (unpaired) electrons. The molecule has 2 aromatic carbocycles. The molecule has 1 amide bonds. The Balaban J connectivity index is 1.81. The van der Waals surface area contributed by atoms with Crippen LogP contribution in [0.3, 0.4) is 0 Å². The highest BCUT2D eigenvalue weighted by atomic mass is 16.5. The molecule has 0 spiro atoms. The fourth-order valence-electron chi connectivity index (χ4n) is 3.74. The lowest BCUT2D eigenvalue weighted by Crippen LogP contribution is -2.59. The van der Waals surface area contributed by atoms with E-state index >= 15 is 0 Å². The molecule has 0 bridgehead atoms. The van der Waals surface area contributed by atoms with Gasteiger partial charge in [0.15, 0.2) is 5.65 Å². The molecule has 0 fully saturated rings. The zero-order valence-corrected chi connectivity index (χ0v) is 18.3. The highest BCUT2D eigenvalue weighted by Crippen LogP contribution is 2.35. The first-order chi connectivity index (χ1) is 15.9. The van der Waals surface area contributed by atoms with Crippen molar-refractivity contribution >= 4 is 22.8 Å². The lowest BCUT2D eigenvalue weighted by atomic mass is 10.0. The molecule has 4 N–H and O–H groups in total. The molecule has 170 valence electrons. The molecule has 2 aromatic heterocycles. The van der Waals surface area contributed by atoms with Gasteiger partial charge in [0.1, 0.15) is 29.2 Å². The summed E-state index contributed by atoms with van der Waals surface area (Å²) in [4.78, 5) is 21.0. The van der Waals surface area contributed by atoms with Crippen LogP contribution >= 0.6 is 0 Å². The van der Waals surface area contributed by atoms with Gasteiger partial charge in [0, 0.05) is 18.7 Å². The van der Waals surface area contributed by atoms with Crippen molar-refractivity contribution in [3.63, 3.8) is 0 Å². The number of anilines is 1.